The van der Waals surface area contributed by atoms with Gasteiger partial charge in [0, 0.05) is 12.1 Å². The van der Waals surface area contributed by atoms with Gasteiger partial charge in [-0.2, -0.15) is 0 Å². The fraction of sp³-hybridized carbons (Fsp3) is 0.700. The Balaban J connectivity index is 3.79. The first kappa shape index (κ1) is 13.1. The SMILES string of the molecule is CC(=CCCN(C)C)C(=O)OCCO. The van der Waals surface area contributed by atoms with Crippen LogP contribution in [0.15, 0.2) is 11.6 Å². The molecule has 0 rings (SSSR count). The van der Waals surface area contributed by atoms with Crippen LogP contribution in [0.4, 0.5) is 0 Å². The number of rotatable bonds is 6. The van der Waals surface area contributed by atoms with E-state index in [1.807, 2.05) is 25.1 Å². The Labute approximate surface area is 85.2 Å². The van der Waals surface area contributed by atoms with Gasteiger partial charge in [0.1, 0.15) is 6.61 Å². The molecule has 0 bridgehead atoms. The van der Waals surface area contributed by atoms with E-state index in [1.54, 1.807) is 6.92 Å². The molecular formula is C10H19NO3. The summed E-state index contributed by atoms with van der Waals surface area (Å²) in [5, 5.41) is 8.44. The smallest absolute Gasteiger partial charge is 0.333 e. The summed E-state index contributed by atoms with van der Waals surface area (Å²) < 4.78 is 4.74. The van der Waals surface area contributed by atoms with Gasteiger partial charge in [-0.3, -0.25) is 0 Å². The molecule has 0 radical (unpaired) electrons. The number of esters is 1. The lowest BCUT2D eigenvalue weighted by atomic mass is 10.2. The average Bonchev–Trinajstić information content (AvgIpc) is 2.13. The monoisotopic (exact) mass is 201 g/mol. The van der Waals surface area contributed by atoms with Gasteiger partial charge in [-0.1, -0.05) is 6.08 Å². The highest BCUT2D eigenvalue weighted by Gasteiger charge is 2.03. The molecular weight excluding hydrogens is 182 g/mol. The largest absolute Gasteiger partial charge is 0.460 e. The van der Waals surface area contributed by atoms with E-state index in [0.29, 0.717) is 5.57 Å². The molecule has 0 saturated carbocycles. The van der Waals surface area contributed by atoms with Gasteiger partial charge in [0.05, 0.1) is 6.61 Å². The number of nitrogens with zero attached hydrogens (tertiary/aromatic N) is 1. The van der Waals surface area contributed by atoms with Crippen LogP contribution in [0, 0.1) is 0 Å². The van der Waals surface area contributed by atoms with E-state index in [4.69, 9.17) is 9.84 Å². The predicted molar refractivity (Wildman–Crippen MR) is 55.0 cm³/mol. The Bertz CT molecular complexity index is 200. The normalized spacial score (nSPS) is 11.9. The molecule has 4 heteroatoms. The van der Waals surface area contributed by atoms with Crippen molar-refractivity contribution < 1.29 is 14.6 Å². The summed E-state index contributed by atoms with van der Waals surface area (Å²) >= 11 is 0. The minimum Gasteiger partial charge on any atom is -0.460 e. The van der Waals surface area contributed by atoms with Crippen LogP contribution in [0.3, 0.4) is 0 Å². The zero-order valence-electron chi connectivity index (χ0n) is 9.12. The first-order chi connectivity index (χ1) is 6.57. The zero-order valence-corrected chi connectivity index (χ0v) is 9.12. The first-order valence-electron chi connectivity index (χ1n) is 4.67. The molecule has 0 aliphatic carbocycles. The predicted octanol–water partition coefficient (Wildman–Crippen LogP) is 0.420. The van der Waals surface area contributed by atoms with Crippen molar-refractivity contribution in [1.29, 1.82) is 0 Å². The summed E-state index contributed by atoms with van der Waals surface area (Å²) in [6.07, 6.45) is 2.67. The highest BCUT2D eigenvalue weighted by atomic mass is 16.5. The fourth-order valence-electron chi connectivity index (χ4n) is 0.875. The number of carbonyl (C=O) groups excluding carboxylic acids is 1. The van der Waals surface area contributed by atoms with Crippen molar-refractivity contribution in [2.24, 2.45) is 0 Å². The minimum atomic E-state index is -0.349. The van der Waals surface area contributed by atoms with Crippen molar-refractivity contribution in [2.45, 2.75) is 13.3 Å². The average molecular weight is 201 g/mol. The molecule has 0 aromatic carbocycles. The molecule has 0 saturated heterocycles. The van der Waals surface area contributed by atoms with Gasteiger partial charge in [0.2, 0.25) is 0 Å². The standard InChI is InChI=1S/C10H19NO3/c1-9(5-4-6-11(2)3)10(13)14-8-7-12/h5,12H,4,6-8H2,1-3H3. The number of ether oxygens (including phenoxy) is 1. The van der Waals surface area contributed by atoms with E-state index in [0.717, 1.165) is 13.0 Å². The van der Waals surface area contributed by atoms with E-state index in [1.165, 1.54) is 0 Å². The molecule has 1 N–H and O–H groups in total. The van der Waals surface area contributed by atoms with Gasteiger partial charge in [-0.05, 0) is 27.4 Å². The van der Waals surface area contributed by atoms with Crippen LogP contribution in [-0.4, -0.2) is 49.8 Å². The highest BCUT2D eigenvalue weighted by molar-refractivity contribution is 5.87. The summed E-state index contributed by atoms with van der Waals surface area (Å²) in [6, 6.07) is 0. The topological polar surface area (TPSA) is 49.8 Å². The summed E-state index contributed by atoms with van der Waals surface area (Å²) in [5.41, 5.74) is 0.598. The van der Waals surface area contributed by atoms with Crippen LogP contribution in [0.5, 0.6) is 0 Å². The second kappa shape index (κ2) is 7.53. The van der Waals surface area contributed by atoms with Gasteiger partial charge < -0.3 is 14.7 Å². The van der Waals surface area contributed by atoms with Crippen molar-refractivity contribution in [3.63, 3.8) is 0 Å². The Morgan fingerprint density at radius 3 is 2.64 bits per heavy atom. The van der Waals surface area contributed by atoms with Crippen LogP contribution in [-0.2, 0) is 9.53 Å². The van der Waals surface area contributed by atoms with E-state index < -0.39 is 0 Å². The van der Waals surface area contributed by atoms with E-state index in [9.17, 15) is 4.79 Å². The Hall–Kier alpha value is -0.870. The van der Waals surface area contributed by atoms with Crippen LogP contribution in [0.2, 0.25) is 0 Å². The number of carbonyl (C=O) groups is 1. The molecule has 4 nitrogen and oxygen atoms in total. The third kappa shape index (κ3) is 6.62. The van der Waals surface area contributed by atoms with Crippen molar-refractivity contribution in [2.75, 3.05) is 33.9 Å². The van der Waals surface area contributed by atoms with Crippen LogP contribution >= 0.6 is 0 Å². The Morgan fingerprint density at radius 2 is 2.14 bits per heavy atom. The third-order valence-corrected chi connectivity index (χ3v) is 1.67. The maximum Gasteiger partial charge on any atom is 0.333 e. The van der Waals surface area contributed by atoms with Crippen molar-refractivity contribution in [1.82, 2.24) is 4.90 Å². The zero-order chi connectivity index (χ0) is 11.0. The Kier molecular flexibility index (Phi) is 7.06. The summed E-state index contributed by atoms with van der Waals surface area (Å²) in [5.74, 6) is -0.349. The number of hydrogen-bond acceptors (Lipinski definition) is 4. The minimum absolute atomic E-state index is 0.0672. The molecule has 0 aliphatic heterocycles. The third-order valence-electron chi connectivity index (χ3n) is 1.67. The molecule has 0 heterocycles. The first-order valence-corrected chi connectivity index (χ1v) is 4.67. The molecule has 0 spiro atoms. The lowest BCUT2D eigenvalue weighted by molar-refractivity contribution is -0.139. The van der Waals surface area contributed by atoms with E-state index in [-0.39, 0.29) is 19.2 Å². The van der Waals surface area contributed by atoms with Gasteiger partial charge in [-0.15, -0.1) is 0 Å². The quantitative estimate of drug-likeness (QED) is 0.500. The fourth-order valence-corrected chi connectivity index (χ4v) is 0.875. The van der Waals surface area contributed by atoms with Crippen molar-refractivity contribution in [3.05, 3.63) is 11.6 Å². The molecule has 14 heavy (non-hydrogen) atoms. The number of aliphatic hydroxyl groups is 1. The summed E-state index contributed by atoms with van der Waals surface area (Å²) in [6.45, 7) is 2.56. The number of hydrogen-bond donors (Lipinski definition) is 1. The lowest BCUT2D eigenvalue weighted by Gasteiger charge is -2.07. The second-order valence-electron chi connectivity index (χ2n) is 3.34. The van der Waals surface area contributed by atoms with Gasteiger partial charge in [0.25, 0.3) is 0 Å². The maximum absolute atomic E-state index is 11.2. The molecule has 82 valence electrons. The lowest BCUT2D eigenvalue weighted by Crippen LogP contribution is -2.13. The number of aliphatic hydroxyl groups excluding tert-OH is 1. The van der Waals surface area contributed by atoms with Crippen molar-refractivity contribution in [3.8, 4) is 0 Å². The van der Waals surface area contributed by atoms with Crippen molar-refractivity contribution >= 4 is 5.97 Å². The summed E-state index contributed by atoms with van der Waals surface area (Å²) in [7, 11) is 3.96. The molecule has 0 aliphatic rings. The van der Waals surface area contributed by atoms with E-state index >= 15 is 0 Å². The molecule has 0 aromatic rings. The molecule has 0 aromatic heterocycles. The second-order valence-corrected chi connectivity index (χ2v) is 3.34. The highest BCUT2D eigenvalue weighted by Crippen LogP contribution is 1.99. The Morgan fingerprint density at radius 1 is 1.50 bits per heavy atom. The van der Waals surface area contributed by atoms with E-state index in [2.05, 4.69) is 0 Å². The van der Waals surface area contributed by atoms with Crippen LogP contribution in [0.25, 0.3) is 0 Å². The van der Waals surface area contributed by atoms with Crippen LogP contribution in [0.1, 0.15) is 13.3 Å². The van der Waals surface area contributed by atoms with Gasteiger partial charge in [0.15, 0.2) is 0 Å². The molecule has 0 amide bonds. The maximum atomic E-state index is 11.2. The molecule has 0 fully saturated rings. The molecule has 0 unspecified atom stereocenters. The van der Waals surface area contributed by atoms with Gasteiger partial charge in [-0.25, -0.2) is 4.79 Å². The molecule has 0 atom stereocenters. The van der Waals surface area contributed by atoms with Gasteiger partial charge >= 0.3 is 5.97 Å². The van der Waals surface area contributed by atoms with Crippen LogP contribution < -0.4 is 0 Å². The summed E-state index contributed by atoms with van der Waals surface area (Å²) in [4.78, 5) is 13.2.